The van der Waals surface area contributed by atoms with Gasteiger partial charge in [0, 0.05) is 22.2 Å². The van der Waals surface area contributed by atoms with Crippen molar-refractivity contribution >= 4 is 55.7 Å². The van der Waals surface area contributed by atoms with Crippen LogP contribution in [0.15, 0.2) is 231 Å². The highest BCUT2D eigenvalue weighted by atomic mass is 15.2. The van der Waals surface area contributed by atoms with Crippen LogP contribution in [0.2, 0.25) is 0 Å². The highest BCUT2D eigenvalue weighted by Crippen LogP contribution is 2.57. The van der Waals surface area contributed by atoms with Crippen LogP contribution in [-0.2, 0) is 5.41 Å². The number of fused-ring (bicyclic) bond motifs is 4. The first kappa shape index (κ1) is 36.4. The molecule has 1 heterocycles. The largest absolute Gasteiger partial charge is 0.308 e. The average molecular weight is 781 g/mol. The van der Waals surface area contributed by atoms with Crippen LogP contribution in [0.1, 0.15) is 25.0 Å². The van der Waals surface area contributed by atoms with Crippen molar-refractivity contribution in [1.82, 2.24) is 0 Å². The fraction of sp³-hybridized carbons (Fsp3) is 0.0508. The van der Waals surface area contributed by atoms with E-state index in [0.717, 1.165) is 22.7 Å². The van der Waals surface area contributed by atoms with Crippen molar-refractivity contribution < 1.29 is 0 Å². The van der Waals surface area contributed by atoms with Crippen LogP contribution in [0.3, 0.4) is 0 Å². The Hall–Kier alpha value is -7.68. The fourth-order valence-electron chi connectivity index (χ4n) is 9.54. The third kappa shape index (κ3) is 6.27. The number of benzene rings is 10. The van der Waals surface area contributed by atoms with Crippen LogP contribution in [0.25, 0.3) is 54.9 Å². The van der Waals surface area contributed by atoms with Gasteiger partial charge >= 0.3 is 0 Å². The maximum atomic E-state index is 2.54. The van der Waals surface area contributed by atoms with Crippen molar-refractivity contribution in [3.05, 3.63) is 242 Å². The quantitative estimate of drug-likeness (QED) is 0.159. The second-order valence-corrected chi connectivity index (χ2v) is 16.6. The molecule has 2 nitrogen and oxygen atoms in total. The third-order valence-electron chi connectivity index (χ3n) is 12.6. The van der Waals surface area contributed by atoms with E-state index in [0.29, 0.717) is 0 Å². The van der Waals surface area contributed by atoms with E-state index in [1.165, 1.54) is 77.4 Å². The maximum absolute atomic E-state index is 2.54. The lowest BCUT2D eigenvalue weighted by Gasteiger charge is -2.44. The first-order valence-electron chi connectivity index (χ1n) is 21.2. The SMILES string of the molecule is CC1(C)c2ccccc2N(c2c(N(c3ccc(-c4ccccc4)cc3)c3ccc(-c4cccc5ccccc45)cc3)ccc3ccccc23)c2ccc(-c3ccccc3)cc21. The van der Waals surface area contributed by atoms with Crippen LogP contribution in [-0.4, -0.2) is 0 Å². The molecule has 290 valence electrons. The molecule has 61 heavy (non-hydrogen) atoms. The van der Waals surface area contributed by atoms with Gasteiger partial charge in [-0.25, -0.2) is 0 Å². The average Bonchev–Trinajstić information content (AvgIpc) is 3.33. The Balaban J connectivity index is 1.15. The van der Waals surface area contributed by atoms with Crippen molar-refractivity contribution in [3.8, 4) is 33.4 Å². The zero-order chi connectivity index (χ0) is 40.9. The number of anilines is 6. The van der Waals surface area contributed by atoms with Crippen LogP contribution in [0.4, 0.5) is 34.1 Å². The number of nitrogens with zero attached hydrogens (tertiary/aromatic N) is 2. The van der Waals surface area contributed by atoms with E-state index >= 15 is 0 Å². The number of hydrogen-bond acceptors (Lipinski definition) is 2. The van der Waals surface area contributed by atoms with Crippen LogP contribution < -0.4 is 9.80 Å². The summed E-state index contributed by atoms with van der Waals surface area (Å²) in [6.07, 6.45) is 0. The number of rotatable bonds is 7. The van der Waals surface area contributed by atoms with E-state index in [9.17, 15) is 0 Å². The van der Waals surface area contributed by atoms with Gasteiger partial charge in [0.1, 0.15) is 0 Å². The van der Waals surface area contributed by atoms with Gasteiger partial charge in [-0.3, -0.25) is 0 Å². The molecular formula is C59H44N2. The van der Waals surface area contributed by atoms with Crippen LogP contribution in [0, 0.1) is 0 Å². The van der Waals surface area contributed by atoms with Gasteiger partial charge in [0.15, 0.2) is 0 Å². The van der Waals surface area contributed by atoms with E-state index in [1.54, 1.807) is 0 Å². The topological polar surface area (TPSA) is 6.48 Å². The fourth-order valence-corrected chi connectivity index (χ4v) is 9.54. The Kier molecular flexibility index (Phi) is 8.86. The van der Waals surface area contributed by atoms with Gasteiger partial charge < -0.3 is 9.80 Å². The van der Waals surface area contributed by atoms with Crippen molar-refractivity contribution in [2.24, 2.45) is 0 Å². The van der Waals surface area contributed by atoms with Gasteiger partial charge in [-0.05, 0) is 109 Å². The van der Waals surface area contributed by atoms with Crippen molar-refractivity contribution in [3.63, 3.8) is 0 Å². The number of hydrogen-bond donors (Lipinski definition) is 0. The predicted octanol–water partition coefficient (Wildman–Crippen LogP) is 16.6. The van der Waals surface area contributed by atoms with Gasteiger partial charge in [0.05, 0.1) is 22.7 Å². The molecule has 0 bridgehead atoms. The van der Waals surface area contributed by atoms with E-state index in [1.807, 2.05) is 0 Å². The minimum absolute atomic E-state index is 0.248. The first-order chi connectivity index (χ1) is 30.0. The summed E-state index contributed by atoms with van der Waals surface area (Å²) in [7, 11) is 0. The summed E-state index contributed by atoms with van der Waals surface area (Å²) in [5.41, 5.74) is 16.4. The van der Waals surface area contributed by atoms with Crippen LogP contribution in [0.5, 0.6) is 0 Å². The molecule has 0 fully saturated rings. The molecule has 1 aliphatic rings. The van der Waals surface area contributed by atoms with Gasteiger partial charge in [0.25, 0.3) is 0 Å². The Morgan fingerprint density at radius 3 is 1.57 bits per heavy atom. The molecule has 0 radical (unpaired) electrons. The van der Waals surface area contributed by atoms with Gasteiger partial charge in [0.2, 0.25) is 0 Å². The summed E-state index contributed by atoms with van der Waals surface area (Å²) in [5, 5.41) is 4.87. The minimum Gasteiger partial charge on any atom is -0.308 e. The summed E-state index contributed by atoms with van der Waals surface area (Å²) >= 11 is 0. The zero-order valence-corrected chi connectivity index (χ0v) is 34.3. The van der Waals surface area contributed by atoms with Crippen molar-refractivity contribution in [2.45, 2.75) is 19.3 Å². The molecule has 0 amide bonds. The summed E-state index contributed by atoms with van der Waals surface area (Å²) in [6.45, 7) is 4.75. The summed E-state index contributed by atoms with van der Waals surface area (Å²) < 4.78 is 0. The summed E-state index contributed by atoms with van der Waals surface area (Å²) in [4.78, 5) is 4.99. The Morgan fingerprint density at radius 1 is 0.361 bits per heavy atom. The minimum atomic E-state index is -0.248. The van der Waals surface area contributed by atoms with Crippen molar-refractivity contribution in [1.29, 1.82) is 0 Å². The monoisotopic (exact) mass is 780 g/mol. The smallest absolute Gasteiger partial charge is 0.0781 e. The molecule has 0 saturated carbocycles. The van der Waals surface area contributed by atoms with Gasteiger partial charge in [-0.1, -0.05) is 196 Å². The second-order valence-electron chi connectivity index (χ2n) is 16.6. The first-order valence-corrected chi connectivity index (χ1v) is 21.2. The molecule has 1 aliphatic heterocycles. The maximum Gasteiger partial charge on any atom is 0.0781 e. The lowest BCUT2D eigenvalue weighted by Crippen LogP contribution is -2.31. The Labute approximate surface area is 358 Å². The molecule has 0 N–H and O–H groups in total. The standard InChI is InChI=1S/C59H44N2/c1-59(2)53-26-13-14-27-55(53)61(56-38-33-47(40-54(56)59)42-18-7-4-8-19-42)58-52-24-12-10-21-45(52)32-39-57(58)60(48-34-28-43(29-35-48)41-16-5-3-6-17-41)49-36-30-46(31-37-49)51-25-15-22-44-20-9-11-23-50(44)51/h3-40H,1-2H3. The molecule has 10 aromatic rings. The van der Waals surface area contributed by atoms with Gasteiger partial charge in [-0.2, -0.15) is 0 Å². The zero-order valence-electron chi connectivity index (χ0n) is 34.3. The Bertz CT molecular complexity index is 3200. The summed E-state index contributed by atoms with van der Waals surface area (Å²) in [5.74, 6) is 0. The molecule has 0 unspecified atom stereocenters. The number of para-hydroxylation sites is 1. The second kappa shape index (κ2) is 14.9. The van der Waals surface area contributed by atoms with Gasteiger partial charge in [-0.15, -0.1) is 0 Å². The molecule has 0 aliphatic carbocycles. The van der Waals surface area contributed by atoms with E-state index in [-0.39, 0.29) is 5.41 Å². The third-order valence-corrected chi connectivity index (χ3v) is 12.6. The van der Waals surface area contributed by atoms with Crippen LogP contribution >= 0.6 is 0 Å². The highest BCUT2D eigenvalue weighted by molar-refractivity contribution is 6.09. The van der Waals surface area contributed by atoms with E-state index in [2.05, 4.69) is 254 Å². The molecule has 2 heteroatoms. The normalized spacial score (nSPS) is 12.9. The Morgan fingerprint density at radius 2 is 0.869 bits per heavy atom. The summed E-state index contributed by atoms with van der Waals surface area (Å²) in [6, 6.07) is 84.3. The lowest BCUT2D eigenvalue weighted by molar-refractivity contribution is 0.632. The highest BCUT2D eigenvalue weighted by Gasteiger charge is 2.38. The molecule has 0 aromatic heterocycles. The molecule has 11 rings (SSSR count). The molecule has 0 atom stereocenters. The van der Waals surface area contributed by atoms with E-state index < -0.39 is 0 Å². The predicted molar refractivity (Wildman–Crippen MR) is 259 cm³/mol. The molecule has 10 aromatic carbocycles. The molecule has 0 spiro atoms. The molecule has 0 saturated heterocycles. The molecular weight excluding hydrogens is 737 g/mol. The van der Waals surface area contributed by atoms with E-state index in [4.69, 9.17) is 0 Å². The lowest BCUT2D eigenvalue weighted by atomic mass is 9.72. The van der Waals surface area contributed by atoms with Crippen molar-refractivity contribution in [2.75, 3.05) is 9.80 Å².